The Morgan fingerprint density at radius 3 is 1.03 bits per heavy atom. The van der Waals surface area contributed by atoms with Gasteiger partial charge in [-0.15, -0.1) is 0 Å². The van der Waals surface area contributed by atoms with E-state index in [-0.39, 0.29) is 24.7 Å². The molecule has 0 aliphatic carbocycles. The van der Waals surface area contributed by atoms with Crippen LogP contribution in [0.4, 0.5) is 28.4 Å². The topological polar surface area (TPSA) is 150 Å². The third kappa shape index (κ3) is 12.2. The number of hydrogen-bond donors (Lipinski definition) is 0. The third-order valence-electron chi connectivity index (χ3n) is 22.7. The van der Waals surface area contributed by atoms with Crippen molar-refractivity contribution in [3.63, 3.8) is 0 Å². The number of aromatic nitrogens is 4. The lowest BCUT2D eigenvalue weighted by Crippen LogP contribution is -2.33. The van der Waals surface area contributed by atoms with Gasteiger partial charge in [-0.25, -0.2) is 9.97 Å². The van der Waals surface area contributed by atoms with E-state index in [9.17, 15) is 0 Å². The van der Waals surface area contributed by atoms with Crippen molar-refractivity contribution in [3.8, 4) is 0 Å². The normalized spacial score (nSPS) is 18.6. The largest absolute Gasteiger partial charge is 0.454 e. The Kier molecular flexibility index (Phi) is 17.4. The van der Waals surface area contributed by atoms with Crippen LogP contribution in [0.25, 0.3) is 110 Å². The summed E-state index contributed by atoms with van der Waals surface area (Å²) in [7, 11) is 8.35. The summed E-state index contributed by atoms with van der Waals surface area (Å²) in [6, 6.07) is 39.8. The molecule has 20 rings (SSSR count). The lowest BCUT2D eigenvalue weighted by Gasteiger charge is -2.28. The Labute approximate surface area is 645 Å². The van der Waals surface area contributed by atoms with Crippen LogP contribution in [-0.4, -0.2) is 110 Å². The van der Waals surface area contributed by atoms with Crippen LogP contribution in [0.2, 0.25) is 0 Å². The lowest BCUT2D eigenvalue weighted by atomic mass is 10.1. The molecule has 5 aliphatic rings. The van der Waals surface area contributed by atoms with Gasteiger partial charge >= 0.3 is 0 Å². The van der Waals surface area contributed by atoms with Gasteiger partial charge in [-0.2, -0.15) is 0 Å². The van der Waals surface area contributed by atoms with Crippen molar-refractivity contribution in [1.82, 2.24) is 44.4 Å². The van der Waals surface area contributed by atoms with Gasteiger partial charge in [0.15, 0.2) is 33.5 Å². The molecule has 0 radical (unpaired) electrons. The summed E-state index contributed by atoms with van der Waals surface area (Å²) in [6.45, 7) is 29.0. The highest BCUT2D eigenvalue weighted by Crippen LogP contribution is 2.46. The molecule has 560 valence electrons. The Balaban J connectivity index is 0.000000107. The van der Waals surface area contributed by atoms with Crippen molar-refractivity contribution >= 4 is 138 Å². The SMILES string of the molecule is Cc1cc2oc3c(N4C=CN(C)[C@@H]4C)c(C)ccc3c2cn1.Cc1ccc2c(n1)oc1c(N3C=CN(C)[C@@H]3C)c(C)ccc12.Cc1ccc2c(oc3c(C)cccc32)c1N1C=CN(C)[C@@H]1C.Cc1ccc2c(oc3c(C)nccc32)c1N1C=CN(C)[C@@H]1C.[2H]C([2H])([2H])N1C=CN(c2c(C)ccc3c2oc2nc(C)ccc23)[C@H]1C. The molecule has 0 unspecified atom stereocenters. The van der Waals surface area contributed by atoms with E-state index in [1.807, 2.05) is 101 Å². The number of furan rings is 5. The molecule has 0 saturated carbocycles. The molecule has 5 atom stereocenters. The molecule has 0 saturated heterocycles. The van der Waals surface area contributed by atoms with Crippen molar-refractivity contribution in [1.29, 1.82) is 0 Å². The standard InChI is InChI=1S/C19H20N2O.4C18H19N3O/c1-12-8-9-16-15-7-5-6-13(2)18(15)22-19(16)17(12)21-11-10-20(4)14(21)3;2*1-11-5-7-14-15-8-6-12(2)19-18(15)22-17(14)16(11)21-10-9-20(4)13(21)3;1-11-5-6-14-15-10-19-12(2)9-16(15)22-18(14)17(11)21-8-7-20(4)13(21)3;1-11-5-6-14-15-7-8-19-12(2)17(15)22-18(14)16(11)21-10-9-20(4)13(21)3/h5-11,14H,1-4H3;4*5-10,13H,1-4H3/t14-;4*13-/m00000/s1/i;4D3;;;. The van der Waals surface area contributed by atoms with Crippen LogP contribution >= 0.6 is 0 Å². The number of para-hydroxylation sites is 1. The summed E-state index contributed by atoms with van der Waals surface area (Å²) in [5, 5.41) is 11.0. The third-order valence-corrected chi connectivity index (χ3v) is 22.7. The highest BCUT2D eigenvalue weighted by Gasteiger charge is 2.32. The van der Waals surface area contributed by atoms with E-state index >= 15 is 0 Å². The fourth-order valence-electron chi connectivity index (χ4n) is 15.7. The quantitative estimate of drug-likeness (QED) is 0.161. The summed E-state index contributed by atoms with van der Waals surface area (Å²) < 4.78 is 54.0. The first-order chi connectivity index (χ1) is 54.0. The summed E-state index contributed by atoms with van der Waals surface area (Å²) in [4.78, 5) is 38.9. The number of hydrogen-bond acceptors (Lipinski definition) is 19. The first kappa shape index (κ1) is 68.2. The molecule has 0 N–H and O–H groups in total. The molecule has 0 spiro atoms. The van der Waals surface area contributed by atoms with Gasteiger partial charge in [-0.05, 0) is 168 Å². The van der Waals surface area contributed by atoms with Gasteiger partial charge in [0, 0.05) is 191 Å². The minimum Gasteiger partial charge on any atom is -0.454 e. The highest BCUT2D eigenvalue weighted by molar-refractivity contribution is 6.14. The maximum atomic E-state index is 7.69. The van der Waals surface area contributed by atoms with Gasteiger partial charge in [0.05, 0.1) is 34.1 Å². The van der Waals surface area contributed by atoms with Gasteiger partial charge in [0.2, 0.25) is 11.4 Å². The summed E-state index contributed by atoms with van der Waals surface area (Å²) in [6.07, 6.45) is 24.8. The van der Waals surface area contributed by atoms with Gasteiger partial charge in [0.1, 0.15) is 42.0 Å². The highest BCUT2D eigenvalue weighted by atomic mass is 16.4. The van der Waals surface area contributed by atoms with Crippen molar-refractivity contribution in [2.24, 2.45) is 0 Å². The molecule has 14 heterocycles. The molecule has 15 aromatic rings. The molecule has 0 fully saturated rings. The van der Waals surface area contributed by atoms with Crippen LogP contribution in [-0.2, 0) is 0 Å². The minimum absolute atomic E-state index is 0.271. The number of benzene rings is 6. The molecular formula is C91H96N14O5. The molecule has 9 aromatic heterocycles. The number of anilines is 5. The van der Waals surface area contributed by atoms with E-state index in [0.717, 1.165) is 139 Å². The fourth-order valence-corrected chi connectivity index (χ4v) is 15.7. The van der Waals surface area contributed by atoms with E-state index in [0.29, 0.717) is 17.6 Å². The molecule has 6 aromatic carbocycles. The van der Waals surface area contributed by atoms with Crippen molar-refractivity contribution in [3.05, 3.63) is 246 Å². The zero-order valence-electron chi connectivity index (χ0n) is 69.1. The molecule has 19 nitrogen and oxygen atoms in total. The Morgan fingerprint density at radius 1 is 0.300 bits per heavy atom. The second-order valence-electron chi connectivity index (χ2n) is 30.0. The summed E-state index contributed by atoms with van der Waals surface area (Å²) in [5.41, 5.74) is 24.9. The predicted octanol–water partition coefficient (Wildman–Crippen LogP) is 21.4. The second kappa shape index (κ2) is 28.0. The molecule has 19 heteroatoms. The van der Waals surface area contributed by atoms with E-state index in [2.05, 4.69) is 272 Å². The van der Waals surface area contributed by atoms with Crippen molar-refractivity contribution < 1.29 is 26.2 Å². The first-order valence-electron chi connectivity index (χ1n) is 39.1. The Bertz CT molecular complexity index is 6130. The van der Waals surface area contributed by atoms with Crippen LogP contribution in [0.3, 0.4) is 0 Å². The molecule has 5 aliphatic heterocycles. The van der Waals surface area contributed by atoms with Gasteiger partial charge in [-0.3, -0.25) is 9.97 Å². The van der Waals surface area contributed by atoms with E-state index in [1.54, 1.807) is 12.4 Å². The number of pyridine rings is 4. The second-order valence-corrected chi connectivity index (χ2v) is 30.0. The molecule has 0 bridgehead atoms. The van der Waals surface area contributed by atoms with Crippen LogP contribution in [0, 0.1) is 69.2 Å². The molecular weight excluding hydrogens is 1370 g/mol. The summed E-state index contributed by atoms with van der Waals surface area (Å²) in [5.74, 6) is 0. The zero-order valence-corrected chi connectivity index (χ0v) is 66.1. The average molecular weight is 1470 g/mol. The number of nitrogens with zero attached hydrogens (tertiary/aromatic N) is 14. The lowest BCUT2D eigenvalue weighted by molar-refractivity contribution is 0.383. The maximum absolute atomic E-state index is 7.69. The predicted molar refractivity (Wildman–Crippen MR) is 451 cm³/mol. The van der Waals surface area contributed by atoms with Gasteiger partial charge in [0.25, 0.3) is 0 Å². The van der Waals surface area contributed by atoms with Gasteiger partial charge < -0.3 is 71.1 Å². The smallest absolute Gasteiger partial charge is 0.227 e. The molecule has 110 heavy (non-hydrogen) atoms. The van der Waals surface area contributed by atoms with E-state index < -0.39 is 6.98 Å². The van der Waals surface area contributed by atoms with E-state index in [1.165, 1.54) is 49.2 Å². The van der Waals surface area contributed by atoms with Gasteiger partial charge in [-0.1, -0.05) is 78.9 Å². The Hall–Kier alpha value is -12.4. The van der Waals surface area contributed by atoms with Crippen LogP contribution in [0.5, 0.6) is 0 Å². The van der Waals surface area contributed by atoms with Crippen LogP contribution in [0.15, 0.2) is 212 Å². The average Bonchev–Trinajstić information content (AvgIpc) is 1.63. The monoisotopic (exact) mass is 1470 g/mol. The molecule has 0 amide bonds. The first-order valence-corrected chi connectivity index (χ1v) is 37.6. The van der Waals surface area contributed by atoms with Crippen LogP contribution < -0.4 is 24.5 Å². The minimum atomic E-state index is -2.18. The van der Waals surface area contributed by atoms with Crippen LogP contribution in [0.1, 0.15) is 94.9 Å². The number of rotatable bonds is 5. The number of aryl methyl sites for hydroxylation is 10. The zero-order chi connectivity index (χ0) is 79.7. The maximum Gasteiger partial charge on any atom is 0.227 e. The fraction of sp³-hybridized carbons (Fsp3) is 0.275. The Morgan fingerprint density at radius 2 is 0.636 bits per heavy atom. The number of fused-ring (bicyclic) bond motifs is 15. The summed E-state index contributed by atoms with van der Waals surface area (Å²) >= 11 is 0. The van der Waals surface area contributed by atoms with E-state index in [4.69, 9.17) is 26.2 Å². The van der Waals surface area contributed by atoms with Crippen molar-refractivity contribution in [2.75, 3.05) is 59.7 Å². The van der Waals surface area contributed by atoms with Crippen molar-refractivity contribution in [2.45, 2.75) is 135 Å².